The quantitative estimate of drug-likeness (QED) is 0.822. The molecule has 3 nitrogen and oxygen atoms in total. The zero-order chi connectivity index (χ0) is 13.2. The van der Waals surface area contributed by atoms with E-state index in [1.807, 2.05) is 45.0 Å². The van der Waals surface area contributed by atoms with Crippen molar-refractivity contribution in [1.82, 2.24) is 0 Å². The van der Waals surface area contributed by atoms with Gasteiger partial charge in [-0.25, -0.2) is 0 Å². The highest BCUT2D eigenvalue weighted by Crippen LogP contribution is 2.34. The van der Waals surface area contributed by atoms with Crippen molar-refractivity contribution < 1.29 is 9.53 Å². The summed E-state index contributed by atoms with van der Waals surface area (Å²) < 4.78 is 5.62. The summed E-state index contributed by atoms with van der Waals surface area (Å²) >= 11 is 0. The molecule has 1 aliphatic rings. The molecule has 0 radical (unpaired) electrons. The fraction of sp³-hybridized carbons (Fsp3) is 0.533. The summed E-state index contributed by atoms with van der Waals surface area (Å²) in [5.74, 6) is 1.17. The number of carbonyl (C=O) groups is 1. The maximum atomic E-state index is 12.1. The molecule has 0 saturated carbocycles. The van der Waals surface area contributed by atoms with Gasteiger partial charge in [-0.05, 0) is 25.5 Å². The number of hydrogen-bond acceptors (Lipinski definition) is 3. The van der Waals surface area contributed by atoms with Gasteiger partial charge >= 0.3 is 0 Å². The van der Waals surface area contributed by atoms with Gasteiger partial charge in [0.15, 0.2) is 5.78 Å². The Morgan fingerprint density at radius 3 is 2.72 bits per heavy atom. The summed E-state index contributed by atoms with van der Waals surface area (Å²) in [7, 11) is 0. The summed E-state index contributed by atoms with van der Waals surface area (Å²) in [6.07, 6.45) is 0.895. The number of ketones is 1. The van der Waals surface area contributed by atoms with E-state index in [-0.39, 0.29) is 5.41 Å². The molecule has 98 valence electrons. The normalized spacial score (nSPS) is 18.8. The lowest BCUT2D eigenvalue weighted by atomic mass is 9.81. The summed E-state index contributed by atoms with van der Waals surface area (Å²) in [6.45, 7) is 8.06. The van der Waals surface area contributed by atoms with Crippen LogP contribution in [0.15, 0.2) is 24.3 Å². The summed E-state index contributed by atoms with van der Waals surface area (Å²) in [5, 5.41) is 0. The third-order valence-corrected chi connectivity index (χ3v) is 3.60. The van der Waals surface area contributed by atoms with Crippen LogP contribution in [0.3, 0.4) is 0 Å². The molecule has 0 aliphatic carbocycles. The summed E-state index contributed by atoms with van der Waals surface area (Å²) in [6, 6.07) is 7.94. The molecule has 0 spiro atoms. The van der Waals surface area contributed by atoms with Crippen LogP contribution in [0.5, 0.6) is 5.75 Å². The van der Waals surface area contributed by atoms with Crippen molar-refractivity contribution in [2.24, 2.45) is 5.41 Å². The second kappa shape index (κ2) is 5.01. The Bertz CT molecular complexity index is 440. The maximum Gasteiger partial charge on any atom is 0.157 e. The number of rotatable bonds is 3. The fourth-order valence-electron chi connectivity index (χ4n) is 2.22. The Morgan fingerprint density at radius 1 is 1.33 bits per heavy atom. The summed E-state index contributed by atoms with van der Waals surface area (Å²) in [4.78, 5) is 14.2. The maximum absolute atomic E-state index is 12.1. The van der Waals surface area contributed by atoms with Gasteiger partial charge in [0.1, 0.15) is 5.75 Å². The van der Waals surface area contributed by atoms with Crippen LogP contribution in [-0.4, -0.2) is 25.5 Å². The van der Waals surface area contributed by atoms with Gasteiger partial charge in [-0.2, -0.15) is 0 Å². The minimum Gasteiger partial charge on any atom is -0.492 e. The Kier molecular flexibility index (Phi) is 3.60. The van der Waals surface area contributed by atoms with Gasteiger partial charge in [-0.1, -0.05) is 26.0 Å². The Morgan fingerprint density at radius 2 is 2.06 bits per heavy atom. The van der Waals surface area contributed by atoms with Gasteiger partial charge < -0.3 is 9.64 Å². The molecule has 0 bridgehead atoms. The van der Waals surface area contributed by atoms with Gasteiger partial charge in [-0.3, -0.25) is 4.79 Å². The van der Waals surface area contributed by atoms with E-state index in [2.05, 4.69) is 4.90 Å². The molecule has 0 unspecified atom stereocenters. The van der Waals surface area contributed by atoms with Crippen LogP contribution < -0.4 is 9.64 Å². The van der Waals surface area contributed by atoms with E-state index in [1.54, 1.807) is 0 Å². The van der Waals surface area contributed by atoms with Gasteiger partial charge in [0, 0.05) is 12.0 Å². The average Bonchev–Trinajstić information content (AvgIpc) is 2.34. The number of ether oxygens (including phenoxy) is 1. The predicted molar refractivity (Wildman–Crippen MR) is 73.2 cm³/mol. The molecule has 0 N–H and O–H groups in total. The monoisotopic (exact) mass is 247 g/mol. The lowest BCUT2D eigenvalue weighted by molar-refractivity contribution is -0.127. The zero-order valence-corrected chi connectivity index (χ0v) is 11.4. The van der Waals surface area contributed by atoms with Crippen LogP contribution in [0.1, 0.15) is 27.2 Å². The third kappa shape index (κ3) is 2.50. The molecule has 1 aromatic rings. The van der Waals surface area contributed by atoms with Crippen molar-refractivity contribution >= 4 is 11.5 Å². The van der Waals surface area contributed by atoms with Crippen LogP contribution in [0.25, 0.3) is 0 Å². The van der Waals surface area contributed by atoms with Gasteiger partial charge in [0.2, 0.25) is 0 Å². The Balaban J connectivity index is 2.20. The molecule has 1 aliphatic heterocycles. The van der Waals surface area contributed by atoms with Crippen LogP contribution in [0.4, 0.5) is 5.69 Å². The molecular formula is C15H21NO2. The topological polar surface area (TPSA) is 29.5 Å². The molecule has 1 aromatic carbocycles. The number of Topliss-reactive ketones (excluding diaryl/α,β-unsaturated/α-hetero) is 1. The Labute approximate surface area is 109 Å². The SMILES string of the molecule is CCOc1ccccc1N1CCC(C)(C)C(=O)C1. The first-order valence-electron chi connectivity index (χ1n) is 6.54. The van der Waals surface area contributed by atoms with Crippen molar-refractivity contribution in [3.63, 3.8) is 0 Å². The highest BCUT2D eigenvalue weighted by molar-refractivity contribution is 5.90. The predicted octanol–water partition coefficient (Wildman–Crippen LogP) is 2.89. The first-order valence-corrected chi connectivity index (χ1v) is 6.54. The number of benzene rings is 1. The average molecular weight is 247 g/mol. The molecule has 2 rings (SSSR count). The highest BCUT2D eigenvalue weighted by atomic mass is 16.5. The second-order valence-electron chi connectivity index (χ2n) is 5.38. The van der Waals surface area contributed by atoms with Gasteiger partial charge in [0.05, 0.1) is 18.8 Å². The highest BCUT2D eigenvalue weighted by Gasteiger charge is 2.34. The van der Waals surface area contributed by atoms with Crippen LogP contribution in [0.2, 0.25) is 0 Å². The largest absolute Gasteiger partial charge is 0.492 e. The molecule has 1 saturated heterocycles. The number of carbonyl (C=O) groups excluding carboxylic acids is 1. The van der Waals surface area contributed by atoms with E-state index in [1.165, 1.54) is 0 Å². The van der Waals surface area contributed by atoms with Crippen LogP contribution >= 0.6 is 0 Å². The molecule has 1 fully saturated rings. The standard InChI is InChI=1S/C15H21NO2/c1-4-18-13-8-6-5-7-12(13)16-10-9-15(2,3)14(17)11-16/h5-8H,4,9-11H2,1-3H3. The van der Waals surface area contributed by atoms with Crippen molar-refractivity contribution in [1.29, 1.82) is 0 Å². The van der Waals surface area contributed by atoms with E-state index in [4.69, 9.17) is 4.74 Å². The van der Waals surface area contributed by atoms with Crippen molar-refractivity contribution in [2.75, 3.05) is 24.6 Å². The minimum absolute atomic E-state index is 0.183. The van der Waals surface area contributed by atoms with E-state index in [9.17, 15) is 4.79 Å². The lowest BCUT2D eigenvalue weighted by Crippen LogP contribution is -2.45. The van der Waals surface area contributed by atoms with E-state index in [0.29, 0.717) is 18.9 Å². The van der Waals surface area contributed by atoms with Crippen molar-refractivity contribution in [3.8, 4) is 5.75 Å². The summed E-state index contributed by atoms with van der Waals surface area (Å²) in [5.41, 5.74) is 0.847. The minimum atomic E-state index is -0.183. The van der Waals surface area contributed by atoms with Crippen molar-refractivity contribution in [2.45, 2.75) is 27.2 Å². The van der Waals surface area contributed by atoms with Gasteiger partial charge in [0.25, 0.3) is 0 Å². The fourth-order valence-corrected chi connectivity index (χ4v) is 2.22. The molecule has 0 atom stereocenters. The van der Waals surface area contributed by atoms with E-state index >= 15 is 0 Å². The smallest absolute Gasteiger partial charge is 0.157 e. The number of para-hydroxylation sites is 2. The number of hydrogen-bond donors (Lipinski definition) is 0. The molecule has 3 heteroatoms. The number of anilines is 1. The first kappa shape index (κ1) is 12.9. The molecular weight excluding hydrogens is 226 g/mol. The van der Waals surface area contributed by atoms with E-state index < -0.39 is 0 Å². The van der Waals surface area contributed by atoms with E-state index in [0.717, 1.165) is 24.4 Å². The third-order valence-electron chi connectivity index (χ3n) is 3.60. The van der Waals surface area contributed by atoms with Gasteiger partial charge in [-0.15, -0.1) is 0 Å². The Hall–Kier alpha value is -1.51. The molecule has 0 amide bonds. The number of piperidine rings is 1. The molecule has 18 heavy (non-hydrogen) atoms. The zero-order valence-electron chi connectivity index (χ0n) is 11.4. The molecule has 1 heterocycles. The number of nitrogens with zero attached hydrogens (tertiary/aromatic N) is 1. The molecule has 0 aromatic heterocycles. The second-order valence-corrected chi connectivity index (χ2v) is 5.38. The van der Waals surface area contributed by atoms with Crippen LogP contribution in [-0.2, 0) is 4.79 Å². The lowest BCUT2D eigenvalue weighted by Gasteiger charge is -2.37. The van der Waals surface area contributed by atoms with Crippen LogP contribution in [0, 0.1) is 5.41 Å². The first-order chi connectivity index (χ1) is 8.54. The van der Waals surface area contributed by atoms with Crippen molar-refractivity contribution in [3.05, 3.63) is 24.3 Å².